The normalized spacial score (nSPS) is 10.1. The van der Waals surface area contributed by atoms with Crippen molar-refractivity contribution in [1.82, 2.24) is 10.2 Å². The number of phenols is 1. The van der Waals surface area contributed by atoms with Gasteiger partial charge in [-0.15, -0.1) is 10.2 Å². The summed E-state index contributed by atoms with van der Waals surface area (Å²) in [6.45, 7) is 1.88. The molecule has 5 heteroatoms. The summed E-state index contributed by atoms with van der Waals surface area (Å²) in [4.78, 5) is 0. The van der Waals surface area contributed by atoms with E-state index in [-0.39, 0.29) is 11.6 Å². The molecule has 0 fully saturated rings. The van der Waals surface area contributed by atoms with Gasteiger partial charge in [-0.25, -0.2) is 0 Å². The van der Waals surface area contributed by atoms with E-state index in [4.69, 9.17) is 16.3 Å². The lowest BCUT2D eigenvalue weighted by Crippen LogP contribution is -1.90. The van der Waals surface area contributed by atoms with E-state index in [1.807, 2.05) is 13.0 Å². The molecule has 0 spiro atoms. The molecule has 0 radical (unpaired) electrons. The molecule has 0 unspecified atom stereocenters. The topological polar surface area (TPSA) is 55.2 Å². The van der Waals surface area contributed by atoms with Crippen molar-refractivity contribution in [3.05, 3.63) is 41.0 Å². The highest BCUT2D eigenvalue weighted by molar-refractivity contribution is 6.29. The summed E-state index contributed by atoms with van der Waals surface area (Å²) in [6.07, 6.45) is 0. The molecule has 4 nitrogen and oxygen atoms in total. The molecule has 0 aliphatic carbocycles. The summed E-state index contributed by atoms with van der Waals surface area (Å²) >= 11 is 5.59. The number of aryl methyl sites for hydroxylation is 1. The highest BCUT2D eigenvalue weighted by atomic mass is 35.5. The van der Waals surface area contributed by atoms with Crippen LogP contribution in [0.1, 0.15) is 5.56 Å². The Hall–Kier alpha value is -1.81. The van der Waals surface area contributed by atoms with E-state index in [0.29, 0.717) is 10.9 Å². The number of benzene rings is 1. The third kappa shape index (κ3) is 2.41. The summed E-state index contributed by atoms with van der Waals surface area (Å²) in [5.74, 6) is 0.683. The van der Waals surface area contributed by atoms with Crippen LogP contribution in [-0.2, 0) is 0 Å². The lowest BCUT2D eigenvalue weighted by Gasteiger charge is -2.06. The molecule has 1 aromatic heterocycles. The van der Waals surface area contributed by atoms with E-state index < -0.39 is 0 Å². The molecule has 16 heavy (non-hydrogen) atoms. The Bertz CT molecular complexity index is 500. The summed E-state index contributed by atoms with van der Waals surface area (Å²) in [6, 6.07) is 8.25. The van der Waals surface area contributed by atoms with Crippen molar-refractivity contribution in [3.63, 3.8) is 0 Å². The Labute approximate surface area is 97.5 Å². The van der Waals surface area contributed by atoms with Gasteiger partial charge in [-0.2, -0.15) is 0 Å². The summed E-state index contributed by atoms with van der Waals surface area (Å²) < 4.78 is 5.34. The van der Waals surface area contributed by atoms with Gasteiger partial charge >= 0.3 is 0 Å². The predicted octanol–water partition coefficient (Wildman–Crippen LogP) is 2.94. The quantitative estimate of drug-likeness (QED) is 0.871. The van der Waals surface area contributed by atoms with Crippen molar-refractivity contribution in [2.24, 2.45) is 0 Å². The number of phenolic OH excluding ortho intramolecular Hbond substituents is 1. The molecule has 0 aliphatic heterocycles. The summed E-state index contributed by atoms with van der Waals surface area (Å²) in [5, 5.41) is 17.3. The van der Waals surface area contributed by atoms with Gasteiger partial charge in [0.25, 0.3) is 0 Å². The van der Waals surface area contributed by atoms with Crippen LogP contribution in [0.15, 0.2) is 30.3 Å². The highest BCUT2D eigenvalue weighted by Gasteiger charge is 2.05. The third-order valence-electron chi connectivity index (χ3n) is 1.94. The van der Waals surface area contributed by atoms with Gasteiger partial charge in [-0.3, -0.25) is 0 Å². The zero-order valence-electron chi connectivity index (χ0n) is 8.51. The number of hydrogen-bond acceptors (Lipinski definition) is 4. The molecule has 1 aromatic carbocycles. The summed E-state index contributed by atoms with van der Waals surface area (Å²) in [7, 11) is 0. The predicted molar refractivity (Wildman–Crippen MR) is 60.0 cm³/mol. The zero-order chi connectivity index (χ0) is 11.5. The first kappa shape index (κ1) is 10.7. The zero-order valence-corrected chi connectivity index (χ0v) is 9.27. The van der Waals surface area contributed by atoms with Crippen LogP contribution in [0.4, 0.5) is 0 Å². The maximum absolute atomic E-state index is 9.61. The second-order valence-electron chi connectivity index (χ2n) is 3.27. The molecule has 1 heterocycles. The van der Waals surface area contributed by atoms with Crippen LogP contribution < -0.4 is 4.74 Å². The number of hydrogen-bond donors (Lipinski definition) is 1. The lowest BCUT2D eigenvalue weighted by molar-refractivity contribution is 0.399. The van der Waals surface area contributed by atoms with Crippen LogP contribution in [0, 0.1) is 6.92 Å². The first-order chi connectivity index (χ1) is 7.65. The monoisotopic (exact) mass is 236 g/mol. The van der Waals surface area contributed by atoms with Crippen molar-refractivity contribution in [2.75, 3.05) is 0 Å². The molecule has 0 amide bonds. The van der Waals surface area contributed by atoms with E-state index in [1.165, 1.54) is 0 Å². The van der Waals surface area contributed by atoms with E-state index >= 15 is 0 Å². The minimum atomic E-state index is 0.0664. The number of ether oxygens (including phenoxy) is 1. The second-order valence-corrected chi connectivity index (χ2v) is 3.65. The fourth-order valence-electron chi connectivity index (χ4n) is 1.18. The standard InChI is InChI=1S/C11H9ClN2O2/c1-7-2-3-9(8(15)6-7)16-11-5-4-10(12)13-14-11/h2-6,15H,1H3. The van der Waals surface area contributed by atoms with E-state index in [0.717, 1.165) is 5.56 Å². The van der Waals surface area contributed by atoms with Crippen molar-refractivity contribution in [1.29, 1.82) is 0 Å². The number of halogens is 1. The summed E-state index contributed by atoms with van der Waals surface area (Å²) in [5.41, 5.74) is 0.951. The van der Waals surface area contributed by atoms with E-state index in [2.05, 4.69) is 10.2 Å². The van der Waals surface area contributed by atoms with Gasteiger partial charge in [0.05, 0.1) is 0 Å². The first-order valence-electron chi connectivity index (χ1n) is 4.62. The van der Waals surface area contributed by atoms with Gasteiger partial charge in [-0.1, -0.05) is 17.7 Å². The number of aromatic nitrogens is 2. The highest BCUT2D eigenvalue weighted by Crippen LogP contribution is 2.30. The van der Waals surface area contributed by atoms with Gasteiger partial charge in [0.15, 0.2) is 16.7 Å². The molecule has 82 valence electrons. The molecule has 0 bridgehead atoms. The van der Waals surface area contributed by atoms with E-state index in [1.54, 1.807) is 24.3 Å². The van der Waals surface area contributed by atoms with Crippen LogP contribution in [-0.4, -0.2) is 15.3 Å². The second kappa shape index (κ2) is 4.37. The van der Waals surface area contributed by atoms with Crippen molar-refractivity contribution < 1.29 is 9.84 Å². The van der Waals surface area contributed by atoms with Gasteiger partial charge in [0, 0.05) is 6.07 Å². The number of nitrogens with zero attached hydrogens (tertiary/aromatic N) is 2. The largest absolute Gasteiger partial charge is 0.504 e. The Morgan fingerprint density at radius 3 is 2.62 bits per heavy atom. The molecule has 0 saturated carbocycles. The maximum atomic E-state index is 9.61. The Morgan fingerprint density at radius 2 is 2.00 bits per heavy atom. The minimum Gasteiger partial charge on any atom is -0.504 e. The maximum Gasteiger partial charge on any atom is 0.239 e. The minimum absolute atomic E-state index is 0.0664. The Morgan fingerprint density at radius 1 is 1.19 bits per heavy atom. The van der Waals surface area contributed by atoms with Gasteiger partial charge < -0.3 is 9.84 Å². The molecule has 2 rings (SSSR count). The van der Waals surface area contributed by atoms with Crippen LogP contribution in [0.2, 0.25) is 5.15 Å². The fraction of sp³-hybridized carbons (Fsp3) is 0.0909. The first-order valence-corrected chi connectivity index (χ1v) is 4.99. The molecule has 1 N–H and O–H groups in total. The van der Waals surface area contributed by atoms with Crippen LogP contribution in [0.3, 0.4) is 0 Å². The molecule has 0 atom stereocenters. The average molecular weight is 237 g/mol. The third-order valence-corrected chi connectivity index (χ3v) is 2.14. The van der Waals surface area contributed by atoms with Crippen molar-refractivity contribution in [3.8, 4) is 17.4 Å². The van der Waals surface area contributed by atoms with Crippen LogP contribution in [0.5, 0.6) is 17.4 Å². The SMILES string of the molecule is Cc1ccc(Oc2ccc(Cl)nn2)c(O)c1. The van der Waals surface area contributed by atoms with E-state index in [9.17, 15) is 5.11 Å². The van der Waals surface area contributed by atoms with Gasteiger partial charge in [0.1, 0.15) is 0 Å². The van der Waals surface area contributed by atoms with Crippen LogP contribution in [0.25, 0.3) is 0 Å². The number of rotatable bonds is 2. The lowest BCUT2D eigenvalue weighted by atomic mass is 10.2. The van der Waals surface area contributed by atoms with Gasteiger partial charge in [0.2, 0.25) is 5.88 Å². The van der Waals surface area contributed by atoms with Gasteiger partial charge in [-0.05, 0) is 30.7 Å². The molecular formula is C11H9ClN2O2. The van der Waals surface area contributed by atoms with Crippen molar-refractivity contribution >= 4 is 11.6 Å². The molecule has 0 aliphatic rings. The molecule has 2 aromatic rings. The average Bonchev–Trinajstić information content (AvgIpc) is 2.25. The van der Waals surface area contributed by atoms with Crippen molar-refractivity contribution in [2.45, 2.75) is 6.92 Å². The Kier molecular flexibility index (Phi) is 2.92. The number of aromatic hydroxyl groups is 1. The smallest absolute Gasteiger partial charge is 0.239 e. The molecule has 0 saturated heterocycles. The Balaban J connectivity index is 2.23. The molecular weight excluding hydrogens is 228 g/mol. The van der Waals surface area contributed by atoms with Crippen LogP contribution >= 0.6 is 11.6 Å². The fourth-order valence-corrected chi connectivity index (χ4v) is 1.29.